The molecule has 2 amide bonds. The molecule has 0 unspecified atom stereocenters. The summed E-state index contributed by atoms with van der Waals surface area (Å²) in [6.45, 7) is 12.9. The molecule has 3 aromatic rings. The highest BCUT2D eigenvalue weighted by molar-refractivity contribution is 5.79. The zero-order valence-electron chi connectivity index (χ0n) is 41.4. The Kier molecular flexibility index (Phi) is 19.9. The number of likely N-dealkylation sites (N-methyl/N-ethyl adjacent to an activating group) is 1. The van der Waals surface area contributed by atoms with E-state index in [0.29, 0.717) is 61.6 Å². The van der Waals surface area contributed by atoms with Crippen molar-refractivity contribution in [2.24, 2.45) is 16.1 Å². The maximum Gasteiger partial charge on any atom is 0.418 e. The van der Waals surface area contributed by atoms with Crippen molar-refractivity contribution in [3.63, 3.8) is 0 Å². The van der Waals surface area contributed by atoms with Crippen molar-refractivity contribution < 1.29 is 27.6 Å². The molecule has 0 spiro atoms. The SMILES string of the molecule is C=N/N=C\N(C)CCc1cccc(N(C)/C=C2/C(C(F)(F)F)=CC(CN3CCC(CCCc4ccc(CN5CCN(c6ccc(C=O)c(CN(C)NC(=O)CCCC)c6)CC5)cc4)CC3)=CN2C=O)c1. The van der Waals surface area contributed by atoms with Crippen molar-refractivity contribution in [1.82, 2.24) is 30.0 Å². The molecular formula is C54H71F3N10O3. The summed E-state index contributed by atoms with van der Waals surface area (Å²) in [4.78, 5) is 48.0. The summed E-state index contributed by atoms with van der Waals surface area (Å²) in [5, 5.41) is 9.01. The Bertz CT molecular complexity index is 2330. The second-order valence-corrected chi connectivity index (χ2v) is 18.9. The number of benzene rings is 3. The fourth-order valence-corrected chi connectivity index (χ4v) is 9.36. The lowest BCUT2D eigenvalue weighted by atomic mass is 9.90. The van der Waals surface area contributed by atoms with E-state index in [-0.39, 0.29) is 11.6 Å². The topological polar surface area (TPSA) is 111 Å². The maximum absolute atomic E-state index is 14.6. The minimum absolute atomic E-state index is 0.0146. The summed E-state index contributed by atoms with van der Waals surface area (Å²) in [5.41, 5.74) is 9.20. The standard InChI is InChI=1S/C54H71F3N10O3/c1-6-7-14-53(70)60-63(5)37-48-33-50(20-19-47(48)39-68)66-29-27-65(28-30-66)34-45-17-15-42(16-18-45)10-8-11-43-22-25-64(26-23-43)35-46-32-51(54(55,56)57)52(67(36-46)41-69)38-62(4)49-13-9-12-44(31-49)21-24-61(3)40-59-58-2/h9,12-13,15-20,31-33,36,38-41,43H,2,6-8,10-11,14,21-30,34-35,37H2,1,3-5H3,(H,60,70)/b52-38-,59-40-. The van der Waals surface area contributed by atoms with Gasteiger partial charge in [0.25, 0.3) is 0 Å². The number of nitrogens with one attached hydrogen (secondary N) is 1. The van der Waals surface area contributed by atoms with Crippen molar-refractivity contribution in [2.45, 2.75) is 84.0 Å². The molecule has 0 atom stereocenters. The van der Waals surface area contributed by atoms with Gasteiger partial charge in [0.15, 0.2) is 0 Å². The third-order valence-electron chi connectivity index (χ3n) is 13.4. The third-order valence-corrected chi connectivity index (χ3v) is 13.4. The first-order valence-electron chi connectivity index (χ1n) is 24.6. The number of likely N-dealkylation sites (tertiary alicyclic amines) is 1. The number of rotatable bonds is 24. The van der Waals surface area contributed by atoms with Gasteiger partial charge in [-0.05, 0) is 122 Å². The number of anilines is 2. The minimum atomic E-state index is -4.67. The number of hydrogen-bond acceptors (Lipinski definition) is 10. The molecular weight excluding hydrogens is 894 g/mol. The molecule has 0 saturated carbocycles. The second-order valence-electron chi connectivity index (χ2n) is 18.9. The van der Waals surface area contributed by atoms with E-state index in [1.54, 1.807) is 23.3 Å². The summed E-state index contributed by atoms with van der Waals surface area (Å²) in [6.07, 6.45) is 10.5. The van der Waals surface area contributed by atoms with Gasteiger partial charge in [0.05, 0.1) is 11.3 Å². The number of nitrogens with zero attached hydrogens (tertiary/aromatic N) is 9. The highest BCUT2D eigenvalue weighted by Crippen LogP contribution is 2.37. The largest absolute Gasteiger partial charge is 0.418 e. The summed E-state index contributed by atoms with van der Waals surface area (Å²) in [7, 11) is 5.38. The van der Waals surface area contributed by atoms with Crippen LogP contribution in [0.25, 0.3) is 0 Å². The van der Waals surface area contributed by atoms with Crippen LogP contribution in [-0.4, -0.2) is 136 Å². The Hall–Kier alpha value is -6.10. The number of piperazine rings is 1. The van der Waals surface area contributed by atoms with Crippen LogP contribution in [0.3, 0.4) is 0 Å². The summed E-state index contributed by atoms with van der Waals surface area (Å²) in [6, 6.07) is 22.5. The van der Waals surface area contributed by atoms with Gasteiger partial charge < -0.3 is 14.7 Å². The number of piperidine rings is 1. The molecule has 2 saturated heterocycles. The highest BCUT2D eigenvalue weighted by Gasteiger charge is 2.40. The molecule has 1 N–H and O–H groups in total. The van der Waals surface area contributed by atoms with Gasteiger partial charge in [0.1, 0.15) is 12.6 Å². The number of amides is 2. The van der Waals surface area contributed by atoms with Gasteiger partial charge in [-0.3, -0.25) is 34.5 Å². The Labute approximate surface area is 412 Å². The molecule has 0 aromatic heterocycles. The number of hydrazine groups is 1. The Morgan fingerprint density at radius 1 is 0.871 bits per heavy atom. The molecule has 0 radical (unpaired) electrons. The molecule has 70 heavy (non-hydrogen) atoms. The number of unbranched alkanes of at least 4 members (excludes halogenated alkanes) is 1. The number of aldehydes is 1. The van der Waals surface area contributed by atoms with Crippen LogP contribution in [0.5, 0.6) is 0 Å². The van der Waals surface area contributed by atoms with E-state index in [1.165, 1.54) is 29.6 Å². The Morgan fingerprint density at radius 2 is 1.60 bits per heavy atom. The lowest BCUT2D eigenvalue weighted by Crippen LogP contribution is -2.46. The van der Waals surface area contributed by atoms with E-state index >= 15 is 0 Å². The fourth-order valence-electron chi connectivity index (χ4n) is 9.36. The fraction of sp³-hybridized carbons (Fsp3) is 0.463. The average Bonchev–Trinajstić information content (AvgIpc) is 3.35. The van der Waals surface area contributed by atoms with E-state index in [0.717, 1.165) is 119 Å². The van der Waals surface area contributed by atoms with Crippen LogP contribution in [0.15, 0.2) is 112 Å². The van der Waals surface area contributed by atoms with Gasteiger partial charge in [0.2, 0.25) is 12.3 Å². The van der Waals surface area contributed by atoms with E-state index in [2.05, 4.69) is 74.3 Å². The average molecular weight is 965 g/mol. The number of carbonyl (C=O) groups is 3. The van der Waals surface area contributed by atoms with E-state index < -0.39 is 11.7 Å². The van der Waals surface area contributed by atoms with Crippen LogP contribution in [0.1, 0.15) is 84.5 Å². The zero-order valence-corrected chi connectivity index (χ0v) is 41.4. The van der Waals surface area contributed by atoms with Crippen molar-refractivity contribution in [1.29, 1.82) is 0 Å². The Morgan fingerprint density at radius 3 is 2.29 bits per heavy atom. The van der Waals surface area contributed by atoms with E-state index in [4.69, 9.17) is 0 Å². The number of alkyl halides is 3. The molecule has 3 aliphatic heterocycles. The monoisotopic (exact) mass is 965 g/mol. The summed E-state index contributed by atoms with van der Waals surface area (Å²) < 4.78 is 43.9. The molecule has 2 fully saturated rings. The lowest BCUT2D eigenvalue weighted by molar-refractivity contribution is -0.125. The van der Waals surface area contributed by atoms with E-state index in [9.17, 15) is 27.6 Å². The zero-order chi connectivity index (χ0) is 50.0. The Balaban J connectivity index is 0.924. The molecule has 6 rings (SSSR count). The van der Waals surface area contributed by atoms with Crippen LogP contribution < -0.4 is 15.2 Å². The van der Waals surface area contributed by atoms with Gasteiger partial charge in [-0.2, -0.15) is 18.3 Å². The van der Waals surface area contributed by atoms with Crippen molar-refractivity contribution in [2.75, 3.05) is 83.3 Å². The molecule has 0 bridgehead atoms. The number of carbonyl (C=O) groups excluding carboxylic acids is 3. The minimum Gasteiger partial charge on any atom is -0.369 e. The number of hydrogen-bond donors (Lipinski definition) is 1. The normalized spacial score (nSPS) is 16.9. The summed E-state index contributed by atoms with van der Waals surface area (Å²) >= 11 is 0. The van der Waals surface area contributed by atoms with Crippen LogP contribution in [-0.2, 0) is 35.5 Å². The van der Waals surface area contributed by atoms with Crippen LogP contribution >= 0.6 is 0 Å². The molecule has 3 heterocycles. The predicted molar refractivity (Wildman–Crippen MR) is 274 cm³/mol. The van der Waals surface area contributed by atoms with Crippen LogP contribution in [0.4, 0.5) is 24.5 Å². The first-order valence-corrected chi connectivity index (χ1v) is 24.6. The maximum atomic E-state index is 14.6. The highest BCUT2D eigenvalue weighted by atomic mass is 19.4. The van der Waals surface area contributed by atoms with Gasteiger partial charge >= 0.3 is 6.18 Å². The lowest BCUT2D eigenvalue weighted by Gasteiger charge is -2.36. The first-order chi connectivity index (χ1) is 33.7. The number of halogens is 3. The van der Waals surface area contributed by atoms with Gasteiger partial charge in [0, 0.05) is 116 Å². The van der Waals surface area contributed by atoms with Crippen LogP contribution in [0, 0.1) is 5.92 Å². The molecule has 0 aliphatic carbocycles. The van der Waals surface area contributed by atoms with Gasteiger partial charge in [-0.15, -0.1) is 5.10 Å². The van der Waals surface area contributed by atoms with Crippen molar-refractivity contribution >= 4 is 43.0 Å². The van der Waals surface area contributed by atoms with Crippen LogP contribution in [0.2, 0.25) is 0 Å². The molecule has 3 aromatic carbocycles. The third kappa shape index (κ3) is 16.0. The van der Waals surface area contributed by atoms with E-state index in [1.807, 2.05) is 55.4 Å². The molecule has 13 nitrogen and oxygen atoms in total. The molecule has 376 valence electrons. The molecule has 16 heteroatoms. The van der Waals surface area contributed by atoms with Crippen molar-refractivity contribution in [3.05, 3.63) is 130 Å². The summed E-state index contributed by atoms with van der Waals surface area (Å²) in [5.74, 6) is 0.549. The number of allylic oxidation sites excluding steroid dienone is 1. The first kappa shape index (κ1) is 53.3. The van der Waals surface area contributed by atoms with Crippen molar-refractivity contribution in [3.8, 4) is 0 Å². The van der Waals surface area contributed by atoms with Gasteiger partial charge in [-0.1, -0.05) is 56.2 Å². The van der Waals surface area contributed by atoms with Gasteiger partial charge in [-0.25, -0.2) is 5.01 Å². The quantitative estimate of drug-likeness (QED) is 0.0410. The smallest absolute Gasteiger partial charge is 0.369 e. The number of aryl methyl sites for hydroxylation is 1. The second kappa shape index (κ2) is 26.2. The predicted octanol–water partition coefficient (Wildman–Crippen LogP) is 8.45. The molecule has 3 aliphatic rings.